The second-order valence-electron chi connectivity index (χ2n) is 5.02. The lowest BCUT2D eigenvalue weighted by atomic mass is 9.99. The van der Waals surface area contributed by atoms with Gasteiger partial charge in [0.1, 0.15) is 5.52 Å². The first-order chi connectivity index (χ1) is 10.8. The van der Waals surface area contributed by atoms with Gasteiger partial charge in [-0.25, -0.2) is 14.5 Å². The van der Waals surface area contributed by atoms with Gasteiger partial charge < -0.3 is 5.73 Å². The number of hydrogen-bond acceptors (Lipinski definition) is 4. The van der Waals surface area contributed by atoms with Crippen molar-refractivity contribution in [3.8, 4) is 11.4 Å². The fraction of sp³-hybridized carbons (Fsp3) is 0.214. The summed E-state index contributed by atoms with van der Waals surface area (Å²) in [6.45, 7) is 1.12. The first-order valence-corrected chi connectivity index (χ1v) is 6.99. The Bertz CT molecular complexity index is 857. The van der Waals surface area contributed by atoms with E-state index in [1.54, 1.807) is 12.1 Å². The van der Waals surface area contributed by atoms with Crippen molar-refractivity contribution in [2.45, 2.75) is 19.0 Å². The van der Waals surface area contributed by atoms with Gasteiger partial charge in [0.2, 0.25) is 5.95 Å². The molecule has 0 spiro atoms. The molecule has 1 atom stereocenters. The number of rotatable bonds is 2. The summed E-state index contributed by atoms with van der Waals surface area (Å²) in [5.74, 6) is -1.13. The van der Waals surface area contributed by atoms with Crippen LogP contribution < -0.4 is 5.73 Å². The molecule has 0 bridgehead atoms. The van der Waals surface area contributed by atoms with E-state index in [9.17, 15) is 13.2 Å². The maximum absolute atomic E-state index is 12.7. The van der Waals surface area contributed by atoms with Crippen molar-refractivity contribution in [2.75, 3.05) is 5.73 Å². The van der Waals surface area contributed by atoms with Gasteiger partial charge >= 0.3 is 6.18 Å². The first-order valence-electron chi connectivity index (χ1n) is 6.61. The van der Waals surface area contributed by atoms with Gasteiger partial charge in [-0.2, -0.15) is 13.2 Å². The summed E-state index contributed by atoms with van der Waals surface area (Å²) in [5.41, 5.74) is 6.76. The molecule has 2 heterocycles. The highest BCUT2D eigenvalue weighted by Crippen LogP contribution is 2.35. The van der Waals surface area contributed by atoms with Gasteiger partial charge in [0, 0.05) is 5.56 Å². The highest BCUT2D eigenvalue weighted by atomic mass is 35.5. The predicted octanol–water partition coefficient (Wildman–Crippen LogP) is 3.69. The van der Waals surface area contributed by atoms with Crippen molar-refractivity contribution in [1.82, 2.24) is 19.6 Å². The van der Waals surface area contributed by atoms with E-state index in [1.165, 1.54) is 22.8 Å². The highest BCUT2D eigenvalue weighted by molar-refractivity contribution is 6.32. The third kappa shape index (κ3) is 2.81. The van der Waals surface area contributed by atoms with Gasteiger partial charge in [-0.05, 0) is 12.5 Å². The number of aromatic nitrogens is 4. The molecule has 23 heavy (non-hydrogen) atoms. The number of fused-ring (bicyclic) bond motifs is 1. The molecular weight excluding hydrogens is 331 g/mol. The smallest absolute Gasteiger partial charge is 0.367 e. The lowest BCUT2D eigenvalue weighted by molar-refractivity contribution is -0.146. The zero-order valence-corrected chi connectivity index (χ0v) is 12.6. The molecule has 3 rings (SSSR count). The Labute approximate surface area is 133 Å². The summed E-state index contributed by atoms with van der Waals surface area (Å²) >= 11 is 6.02. The van der Waals surface area contributed by atoms with Crippen LogP contribution in [0.2, 0.25) is 5.15 Å². The summed E-state index contributed by atoms with van der Waals surface area (Å²) in [6, 6.07) is 5.90. The van der Waals surface area contributed by atoms with Crippen LogP contribution in [0.25, 0.3) is 16.9 Å². The summed E-state index contributed by atoms with van der Waals surface area (Å²) in [4.78, 5) is 8.01. The molecule has 0 amide bonds. The number of nitrogens with two attached hydrogens (primary N) is 1. The zero-order chi connectivity index (χ0) is 16.8. The Balaban J connectivity index is 2.05. The SMILES string of the molecule is CC(c1ccc(-c2nc(Cl)c3cnc(N)nn23)cc1)C(F)(F)F. The highest BCUT2D eigenvalue weighted by Gasteiger charge is 2.36. The molecule has 0 aliphatic rings. The van der Waals surface area contributed by atoms with Gasteiger partial charge in [-0.1, -0.05) is 35.9 Å². The van der Waals surface area contributed by atoms with Crippen LogP contribution in [-0.2, 0) is 0 Å². The lowest BCUT2D eigenvalue weighted by Gasteiger charge is -2.16. The molecule has 2 N–H and O–H groups in total. The quantitative estimate of drug-likeness (QED) is 0.771. The van der Waals surface area contributed by atoms with E-state index < -0.39 is 12.1 Å². The molecule has 1 unspecified atom stereocenters. The molecule has 1 aromatic carbocycles. The third-order valence-electron chi connectivity index (χ3n) is 3.53. The van der Waals surface area contributed by atoms with Crippen molar-refractivity contribution in [1.29, 1.82) is 0 Å². The average molecular weight is 342 g/mol. The fourth-order valence-corrected chi connectivity index (χ4v) is 2.37. The average Bonchev–Trinajstić information content (AvgIpc) is 2.82. The molecule has 0 saturated carbocycles. The summed E-state index contributed by atoms with van der Waals surface area (Å²) in [6.07, 6.45) is -2.85. The molecule has 120 valence electrons. The summed E-state index contributed by atoms with van der Waals surface area (Å²) in [7, 11) is 0. The molecule has 0 saturated heterocycles. The van der Waals surface area contributed by atoms with Crippen LogP contribution in [0.3, 0.4) is 0 Å². The first kappa shape index (κ1) is 15.5. The fourth-order valence-electron chi connectivity index (χ4n) is 2.16. The van der Waals surface area contributed by atoms with Crippen LogP contribution in [0, 0.1) is 0 Å². The predicted molar refractivity (Wildman–Crippen MR) is 80.1 cm³/mol. The Kier molecular flexibility index (Phi) is 3.63. The van der Waals surface area contributed by atoms with Gasteiger partial charge in [0.15, 0.2) is 11.0 Å². The maximum Gasteiger partial charge on any atom is 0.395 e. The van der Waals surface area contributed by atoms with Gasteiger partial charge in [-0.3, -0.25) is 0 Å². The summed E-state index contributed by atoms with van der Waals surface area (Å²) in [5, 5.41) is 4.21. The number of halogens is 4. The van der Waals surface area contributed by atoms with E-state index in [4.69, 9.17) is 17.3 Å². The van der Waals surface area contributed by atoms with Crippen molar-refractivity contribution >= 4 is 23.1 Å². The molecule has 2 aromatic heterocycles. The number of imidazole rings is 1. The number of hydrogen-bond donors (Lipinski definition) is 1. The minimum absolute atomic E-state index is 0.0372. The second kappa shape index (κ2) is 5.38. The molecule has 3 aromatic rings. The molecule has 5 nitrogen and oxygen atoms in total. The summed E-state index contributed by atoms with van der Waals surface area (Å²) < 4.78 is 39.7. The van der Waals surface area contributed by atoms with Crippen molar-refractivity contribution in [3.63, 3.8) is 0 Å². The minimum Gasteiger partial charge on any atom is -0.367 e. The van der Waals surface area contributed by atoms with Crippen LogP contribution in [0.5, 0.6) is 0 Å². The molecule has 9 heteroatoms. The van der Waals surface area contributed by atoms with Gasteiger partial charge in [0.05, 0.1) is 12.1 Å². The van der Waals surface area contributed by atoms with E-state index >= 15 is 0 Å². The Hall–Kier alpha value is -2.35. The molecule has 0 aliphatic carbocycles. The normalized spacial score (nSPS) is 13.4. The van der Waals surface area contributed by atoms with Gasteiger partial charge in [-0.15, -0.1) is 5.10 Å². The van der Waals surface area contributed by atoms with Crippen LogP contribution in [0.15, 0.2) is 30.5 Å². The largest absolute Gasteiger partial charge is 0.395 e. The van der Waals surface area contributed by atoms with Crippen LogP contribution in [0.1, 0.15) is 18.4 Å². The van der Waals surface area contributed by atoms with Crippen LogP contribution in [0.4, 0.5) is 19.1 Å². The van der Waals surface area contributed by atoms with E-state index in [1.807, 2.05) is 0 Å². The Morgan fingerprint density at radius 2 is 1.87 bits per heavy atom. The molecule has 0 radical (unpaired) electrons. The molecular formula is C14H11ClF3N5. The number of nitrogen functional groups attached to an aromatic ring is 1. The topological polar surface area (TPSA) is 69.1 Å². The second-order valence-corrected chi connectivity index (χ2v) is 5.38. The van der Waals surface area contributed by atoms with Gasteiger partial charge in [0.25, 0.3) is 0 Å². The number of anilines is 1. The van der Waals surface area contributed by atoms with Crippen molar-refractivity contribution in [2.24, 2.45) is 0 Å². The minimum atomic E-state index is -4.29. The Morgan fingerprint density at radius 1 is 1.22 bits per heavy atom. The third-order valence-corrected chi connectivity index (χ3v) is 3.80. The van der Waals surface area contributed by atoms with Crippen molar-refractivity contribution < 1.29 is 13.2 Å². The number of nitrogens with zero attached hydrogens (tertiary/aromatic N) is 4. The maximum atomic E-state index is 12.7. The number of benzene rings is 1. The number of alkyl halides is 3. The monoisotopic (exact) mass is 341 g/mol. The van der Waals surface area contributed by atoms with E-state index in [0.717, 1.165) is 6.92 Å². The molecule has 0 aliphatic heterocycles. The molecule has 0 fully saturated rings. The van der Waals surface area contributed by atoms with E-state index in [-0.39, 0.29) is 16.7 Å². The van der Waals surface area contributed by atoms with E-state index in [0.29, 0.717) is 16.9 Å². The van der Waals surface area contributed by atoms with Crippen molar-refractivity contribution in [3.05, 3.63) is 41.2 Å². The van der Waals surface area contributed by atoms with Crippen LogP contribution >= 0.6 is 11.6 Å². The lowest BCUT2D eigenvalue weighted by Crippen LogP contribution is -2.17. The van der Waals surface area contributed by atoms with E-state index in [2.05, 4.69) is 15.1 Å². The standard InChI is InChI=1S/C14H11ClF3N5/c1-7(14(16,17)18)8-2-4-9(5-3-8)12-21-11(15)10-6-20-13(19)22-23(10)12/h2-7H,1H3,(H2,19,22). The zero-order valence-electron chi connectivity index (χ0n) is 11.8. The Morgan fingerprint density at radius 3 is 2.48 bits per heavy atom. The van der Waals surface area contributed by atoms with Crippen LogP contribution in [-0.4, -0.2) is 25.8 Å².